The SMILES string of the molecule is CCCN(CCO)c1nccn1CC. The second kappa shape index (κ2) is 5.65. The Labute approximate surface area is 85.2 Å². The van der Waals surface area contributed by atoms with Gasteiger partial charge in [0.05, 0.1) is 6.61 Å². The van der Waals surface area contributed by atoms with Gasteiger partial charge in [-0.1, -0.05) is 6.92 Å². The average molecular weight is 197 g/mol. The molecule has 0 aromatic carbocycles. The van der Waals surface area contributed by atoms with Crippen molar-refractivity contribution >= 4 is 5.95 Å². The summed E-state index contributed by atoms with van der Waals surface area (Å²) >= 11 is 0. The molecule has 0 saturated carbocycles. The first-order chi connectivity index (χ1) is 6.83. The lowest BCUT2D eigenvalue weighted by Crippen LogP contribution is -2.30. The van der Waals surface area contributed by atoms with E-state index in [0.717, 1.165) is 25.5 Å². The van der Waals surface area contributed by atoms with Gasteiger partial charge in [0.1, 0.15) is 0 Å². The first kappa shape index (κ1) is 11.0. The molecular formula is C10H19N3O. The van der Waals surface area contributed by atoms with Crippen molar-refractivity contribution in [2.24, 2.45) is 0 Å². The second-order valence-electron chi connectivity index (χ2n) is 3.22. The first-order valence-corrected chi connectivity index (χ1v) is 5.20. The molecule has 0 fully saturated rings. The van der Waals surface area contributed by atoms with Gasteiger partial charge in [0.15, 0.2) is 0 Å². The van der Waals surface area contributed by atoms with Crippen molar-refractivity contribution in [3.63, 3.8) is 0 Å². The van der Waals surface area contributed by atoms with Crippen molar-refractivity contribution in [3.8, 4) is 0 Å². The molecule has 0 amide bonds. The number of imidazole rings is 1. The van der Waals surface area contributed by atoms with Crippen LogP contribution in [-0.4, -0.2) is 34.4 Å². The van der Waals surface area contributed by atoms with Crippen LogP contribution in [0, 0.1) is 0 Å². The summed E-state index contributed by atoms with van der Waals surface area (Å²) in [6, 6.07) is 0. The van der Waals surface area contributed by atoms with Gasteiger partial charge in [0.25, 0.3) is 0 Å². The van der Waals surface area contributed by atoms with Crippen LogP contribution in [0.25, 0.3) is 0 Å². The van der Waals surface area contributed by atoms with E-state index in [9.17, 15) is 0 Å². The fourth-order valence-corrected chi connectivity index (χ4v) is 1.53. The predicted octanol–water partition coefficient (Wildman–Crippen LogP) is 1.11. The van der Waals surface area contributed by atoms with Crippen LogP contribution in [0.3, 0.4) is 0 Å². The molecule has 80 valence electrons. The van der Waals surface area contributed by atoms with Gasteiger partial charge in [0, 0.05) is 32.0 Å². The van der Waals surface area contributed by atoms with E-state index in [1.807, 2.05) is 6.20 Å². The number of hydrogen-bond donors (Lipinski definition) is 1. The average Bonchev–Trinajstić information content (AvgIpc) is 2.65. The number of aromatic nitrogens is 2. The predicted molar refractivity (Wildman–Crippen MR) is 57.5 cm³/mol. The molecule has 4 nitrogen and oxygen atoms in total. The minimum atomic E-state index is 0.177. The molecule has 0 saturated heterocycles. The van der Waals surface area contributed by atoms with Gasteiger partial charge in [-0.25, -0.2) is 4.98 Å². The summed E-state index contributed by atoms with van der Waals surface area (Å²) in [6.07, 6.45) is 4.84. The van der Waals surface area contributed by atoms with Crippen LogP contribution in [0.15, 0.2) is 12.4 Å². The van der Waals surface area contributed by atoms with Crippen LogP contribution >= 0.6 is 0 Å². The zero-order valence-electron chi connectivity index (χ0n) is 8.98. The maximum atomic E-state index is 8.95. The highest BCUT2D eigenvalue weighted by Gasteiger charge is 2.09. The molecule has 0 aliphatic carbocycles. The molecule has 0 aliphatic rings. The van der Waals surface area contributed by atoms with Crippen LogP contribution in [-0.2, 0) is 6.54 Å². The van der Waals surface area contributed by atoms with Crippen LogP contribution in [0.1, 0.15) is 20.3 Å². The number of aliphatic hydroxyl groups is 1. The summed E-state index contributed by atoms with van der Waals surface area (Å²) in [5, 5.41) is 8.95. The third-order valence-corrected chi connectivity index (χ3v) is 2.18. The number of anilines is 1. The van der Waals surface area contributed by atoms with Crippen molar-refractivity contribution in [1.82, 2.24) is 9.55 Å². The standard InChI is InChI=1S/C10H19N3O/c1-3-6-13(8-9-14)10-11-5-7-12(10)4-2/h5,7,14H,3-4,6,8-9H2,1-2H3. The maximum absolute atomic E-state index is 8.95. The first-order valence-electron chi connectivity index (χ1n) is 5.20. The van der Waals surface area contributed by atoms with E-state index >= 15 is 0 Å². The molecule has 0 aliphatic heterocycles. The molecule has 4 heteroatoms. The smallest absolute Gasteiger partial charge is 0.205 e. The minimum Gasteiger partial charge on any atom is -0.395 e. The summed E-state index contributed by atoms with van der Waals surface area (Å²) in [4.78, 5) is 6.42. The highest BCUT2D eigenvalue weighted by atomic mass is 16.3. The zero-order chi connectivity index (χ0) is 10.4. The lowest BCUT2D eigenvalue weighted by Gasteiger charge is -2.22. The lowest BCUT2D eigenvalue weighted by atomic mass is 10.4. The van der Waals surface area contributed by atoms with Crippen molar-refractivity contribution < 1.29 is 5.11 Å². The van der Waals surface area contributed by atoms with Crippen molar-refractivity contribution in [1.29, 1.82) is 0 Å². The Hall–Kier alpha value is -1.03. The van der Waals surface area contributed by atoms with Gasteiger partial charge in [-0.15, -0.1) is 0 Å². The summed E-state index contributed by atoms with van der Waals surface area (Å²) in [6.45, 7) is 6.91. The number of aliphatic hydroxyl groups excluding tert-OH is 1. The Kier molecular flexibility index (Phi) is 4.46. The van der Waals surface area contributed by atoms with Gasteiger partial charge in [-0.05, 0) is 13.3 Å². The Morgan fingerprint density at radius 3 is 2.79 bits per heavy atom. The molecule has 1 aromatic rings. The fraction of sp³-hybridized carbons (Fsp3) is 0.700. The van der Waals surface area contributed by atoms with Crippen molar-refractivity contribution in [3.05, 3.63) is 12.4 Å². The summed E-state index contributed by atoms with van der Waals surface area (Å²) in [5.74, 6) is 0.961. The molecule has 1 rings (SSSR count). The normalized spacial score (nSPS) is 10.5. The van der Waals surface area contributed by atoms with Gasteiger partial charge in [0.2, 0.25) is 5.95 Å². The van der Waals surface area contributed by atoms with E-state index in [1.165, 1.54) is 0 Å². The monoisotopic (exact) mass is 197 g/mol. The Balaban J connectivity index is 2.75. The van der Waals surface area contributed by atoms with Crippen LogP contribution < -0.4 is 4.90 Å². The largest absolute Gasteiger partial charge is 0.395 e. The molecule has 0 unspecified atom stereocenters. The molecule has 1 aromatic heterocycles. The minimum absolute atomic E-state index is 0.177. The molecule has 14 heavy (non-hydrogen) atoms. The van der Waals surface area contributed by atoms with Gasteiger partial charge >= 0.3 is 0 Å². The third kappa shape index (κ3) is 2.48. The van der Waals surface area contributed by atoms with E-state index in [1.54, 1.807) is 6.20 Å². The molecule has 0 spiro atoms. The Morgan fingerprint density at radius 1 is 1.43 bits per heavy atom. The third-order valence-electron chi connectivity index (χ3n) is 2.18. The molecule has 0 bridgehead atoms. The van der Waals surface area contributed by atoms with Gasteiger partial charge in [-0.2, -0.15) is 0 Å². The summed E-state index contributed by atoms with van der Waals surface area (Å²) in [7, 11) is 0. The number of nitrogens with zero attached hydrogens (tertiary/aromatic N) is 3. The van der Waals surface area contributed by atoms with E-state index in [0.29, 0.717) is 6.54 Å². The van der Waals surface area contributed by atoms with E-state index < -0.39 is 0 Å². The molecule has 0 atom stereocenters. The van der Waals surface area contributed by atoms with Crippen LogP contribution in [0.2, 0.25) is 0 Å². The van der Waals surface area contributed by atoms with Crippen molar-refractivity contribution in [2.45, 2.75) is 26.8 Å². The van der Waals surface area contributed by atoms with E-state index in [-0.39, 0.29) is 6.61 Å². The topological polar surface area (TPSA) is 41.3 Å². The van der Waals surface area contributed by atoms with E-state index in [4.69, 9.17) is 5.11 Å². The highest BCUT2D eigenvalue weighted by Crippen LogP contribution is 2.11. The molecule has 1 N–H and O–H groups in total. The maximum Gasteiger partial charge on any atom is 0.205 e. The quantitative estimate of drug-likeness (QED) is 0.742. The molecule has 0 radical (unpaired) electrons. The van der Waals surface area contributed by atoms with Crippen molar-refractivity contribution in [2.75, 3.05) is 24.6 Å². The zero-order valence-corrected chi connectivity index (χ0v) is 8.98. The van der Waals surface area contributed by atoms with Gasteiger partial charge < -0.3 is 14.6 Å². The fourth-order valence-electron chi connectivity index (χ4n) is 1.53. The molecular weight excluding hydrogens is 178 g/mol. The summed E-state index contributed by atoms with van der Waals surface area (Å²) in [5.41, 5.74) is 0. The van der Waals surface area contributed by atoms with Crippen LogP contribution in [0.4, 0.5) is 5.95 Å². The number of rotatable bonds is 6. The van der Waals surface area contributed by atoms with Gasteiger partial charge in [-0.3, -0.25) is 0 Å². The molecule has 1 heterocycles. The number of aryl methyl sites for hydroxylation is 1. The number of hydrogen-bond acceptors (Lipinski definition) is 3. The second-order valence-corrected chi connectivity index (χ2v) is 3.22. The van der Waals surface area contributed by atoms with Crippen LogP contribution in [0.5, 0.6) is 0 Å². The van der Waals surface area contributed by atoms with E-state index in [2.05, 4.69) is 28.3 Å². The Bertz CT molecular complexity index is 254. The Morgan fingerprint density at radius 2 is 2.21 bits per heavy atom. The highest BCUT2D eigenvalue weighted by molar-refractivity contribution is 5.30. The lowest BCUT2D eigenvalue weighted by molar-refractivity contribution is 0.300. The summed E-state index contributed by atoms with van der Waals surface area (Å²) < 4.78 is 2.09.